The second-order valence-electron chi connectivity index (χ2n) is 5.83. The third-order valence-corrected chi connectivity index (χ3v) is 3.87. The number of anilines is 1. The smallest absolute Gasteiger partial charge is 0.319 e. The highest BCUT2D eigenvalue weighted by Crippen LogP contribution is 2.13. The Morgan fingerprint density at radius 2 is 2.00 bits per heavy atom. The number of urea groups is 1. The van der Waals surface area contributed by atoms with E-state index in [9.17, 15) is 14.0 Å². The number of nitrogens with one attached hydrogen (secondary N) is 3. The van der Waals surface area contributed by atoms with Crippen molar-refractivity contribution in [2.45, 2.75) is 19.4 Å². The van der Waals surface area contributed by atoms with E-state index in [-0.39, 0.29) is 42.1 Å². The van der Waals surface area contributed by atoms with Gasteiger partial charge in [-0.3, -0.25) is 4.79 Å². The number of likely N-dealkylation sites (tertiary alicyclic amines) is 1. The molecule has 1 fully saturated rings. The van der Waals surface area contributed by atoms with E-state index in [1.807, 2.05) is 14.0 Å². The van der Waals surface area contributed by atoms with Crippen LogP contribution in [0.25, 0.3) is 0 Å². The number of hydrogen-bond donors (Lipinski definition) is 3. The summed E-state index contributed by atoms with van der Waals surface area (Å²) in [7, 11) is 1.82. The van der Waals surface area contributed by atoms with Crippen LogP contribution in [-0.4, -0.2) is 49.6 Å². The molecule has 3 amide bonds. The van der Waals surface area contributed by atoms with E-state index in [1.54, 1.807) is 4.90 Å². The van der Waals surface area contributed by atoms with Crippen LogP contribution in [0.15, 0.2) is 24.3 Å². The van der Waals surface area contributed by atoms with Crippen LogP contribution < -0.4 is 16.0 Å². The molecule has 0 saturated carbocycles. The van der Waals surface area contributed by atoms with Crippen LogP contribution in [0.4, 0.5) is 14.9 Å². The molecule has 0 bridgehead atoms. The summed E-state index contributed by atoms with van der Waals surface area (Å²) in [6.45, 7) is 3.69. The van der Waals surface area contributed by atoms with Gasteiger partial charge in [0.15, 0.2) is 0 Å². The molecule has 2 unspecified atom stereocenters. The molecule has 1 aromatic rings. The fourth-order valence-corrected chi connectivity index (χ4v) is 2.67. The summed E-state index contributed by atoms with van der Waals surface area (Å²) in [5.74, 6) is -0.328. The molecule has 1 aliphatic heterocycles. The number of amides is 3. The van der Waals surface area contributed by atoms with E-state index in [1.165, 1.54) is 24.3 Å². The third kappa shape index (κ3) is 5.65. The Bertz CT molecular complexity index is 556. The lowest BCUT2D eigenvalue weighted by atomic mass is 10.1. The van der Waals surface area contributed by atoms with Crippen molar-refractivity contribution in [3.05, 3.63) is 30.1 Å². The SMILES string of the molecule is CNCC(C)C(=O)N1CCC(NC(=O)Nc2ccc(F)cc2)C1.Cl. The monoisotopic (exact) mass is 358 g/mol. The molecule has 3 N–H and O–H groups in total. The minimum Gasteiger partial charge on any atom is -0.340 e. The number of hydrogen-bond acceptors (Lipinski definition) is 3. The Morgan fingerprint density at radius 1 is 1.33 bits per heavy atom. The minimum atomic E-state index is -0.350. The Kier molecular flexibility index (Phi) is 7.94. The average molecular weight is 359 g/mol. The molecular formula is C16H24ClFN4O2. The van der Waals surface area contributed by atoms with Gasteiger partial charge in [0.05, 0.1) is 0 Å². The lowest BCUT2D eigenvalue weighted by Gasteiger charge is -2.21. The summed E-state index contributed by atoms with van der Waals surface area (Å²) in [4.78, 5) is 25.9. The molecule has 1 saturated heterocycles. The van der Waals surface area contributed by atoms with Gasteiger partial charge in [-0.15, -0.1) is 12.4 Å². The first-order chi connectivity index (χ1) is 11.0. The molecule has 2 atom stereocenters. The summed E-state index contributed by atoms with van der Waals surface area (Å²) in [6, 6.07) is 5.15. The minimum absolute atomic E-state index is 0. The maximum Gasteiger partial charge on any atom is 0.319 e. The van der Waals surface area contributed by atoms with E-state index in [2.05, 4.69) is 16.0 Å². The molecule has 0 spiro atoms. The quantitative estimate of drug-likeness (QED) is 0.751. The van der Waals surface area contributed by atoms with Gasteiger partial charge >= 0.3 is 6.03 Å². The van der Waals surface area contributed by atoms with E-state index in [0.29, 0.717) is 25.3 Å². The Hall–Kier alpha value is -1.86. The lowest BCUT2D eigenvalue weighted by molar-refractivity contribution is -0.133. The lowest BCUT2D eigenvalue weighted by Crippen LogP contribution is -2.42. The summed E-state index contributed by atoms with van der Waals surface area (Å²) in [5, 5.41) is 8.49. The summed E-state index contributed by atoms with van der Waals surface area (Å²) in [6.07, 6.45) is 0.731. The largest absolute Gasteiger partial charge is 0.340 e. The number of halogens is 2. The first-order valence-corrected chi connectivity index (χ1v) is 7.76. The number of rotatable bonds is 5. The van der Waals surface area contributed by atoms with Gasteiger partial charge in [0.1, 0.15) is 5.82 Å². The molecule has 1 aliphatic rings. The van der Waals surface area contributed by atoms with Crippen LogP contribution in [0.2, 0.25) is 0 Å². The van der Waals surface area contributed by atoms with E-state index in [4.69, 9.17) is 0 Å². The highest BCUT2D eigenvalue weighted by molar-refractivity contribution is 5.89. The van der Waals surface area contributed by atoms with Gasteiger partial charge in [0.2, 0.25) is 5.91 Å². The molecule has 1 heterocycles. The van der Waals surface area contributed by atoms with Crippen LogP contribution in [0, 0.1) is 11.7 Å². The standard InChI is InChI=1S/C16H23FN4O2.ClH/c1-11(9-18-2)15(22)21-8-7-14(10-21)20-16(23)19-13-5-3-12(17)4-6-13;/h3-6,11,14,18H,7-10H2,1-2H3,(H2,19,20,23);1H. The molecule has 134 valence electrons. The van der Waals surface area contributed by atoms with Gasteiger partial charge in [0.25, 0.3) is 0 Å². The van der Waals surface area contributed by atoms with Crippen molar-refractivity contribution >= 4 is 30.0 Å². The molecule has 0 aliphatic carbocycles. The molecule has 24 heavy (non-hydrogen) atoms. The van der Waals surface area contributed by atoms with Crippen molar-refractivity contribution in [2.75, 3.05) is 32.0 Å². The van der Waals surface area contributed by atoms with Gasteiger partial charge < -0.3 is 20.9 Å². The van der Waals surface area contributed by atoms with Crippen molar-refractivity contribution in [1.29, 1.82) is 0 Å². The summed E-state index contributed by atoms with van der Waals surface area (Å²) in [5.41, 5.74) is 0.525. The van der Waals surface area contributed by atoms with Crippen molar-refractivity contribution in [3.63, 3.8) is 0 Å². The predicted octanol–water partition coefficient (Wildman–Crippen LogP) is 1.83. The first kappa shape index (κ1) is 20.2. The summed E-state index contributed by atoms with van der Waals surface area (Å²) >= 11 is 0. The zero-order valence-electron chi connectivity index (χ0n) is 13.8. The van der Waals surface area contributed by atoms with Gasteiger partial charge in [-0.05, 0) is 37.7 Å². The van der Waals surface area contributed by atoms with Crippen LogP contribution in [0.5, 0.6) is 0 Å². The van der Waals surface area contributed by atoms with Gasteiger partial charge in [-0.2, -0.15) is 0 Å². The van der Waals surface area contributed by atoms with Crippen LogP contribution in [0.3, 0.4) is 0 Å². The second kappa shape index (κ2) is 9.44. The topological polar surface area (TPSA) is 73.5 Å². The van der Waals surface area contributed by atoms with Crippen LogP contribution in [0.1, 0.15) is 13.3 Å². The van der Waals surface area contributed by atoms with Crippen LogP contribution in [-0.2, 0) is 4.79 Å². The molecule has 6 nitrogen and oxygen atoms in total. The maximum atomic E-state index is 12.8. The van der Waals surface area contributed by atoms with Gasteiger partial charge in [-0.25, -0.2) is 9.18 Å². The second-order valence-corrected chi connectivity index (χ2v) is 5.83. The summed E-state index contributed by atoms with van der Waals surface area (Å²) < 4.78 is 12.8. The predicted molar refractivity (Wildman–Crippen MR) is 93.9 cm³/mol. The Morgan fingerprint density at radius 3 is 2.62 bits per heavy atom. The van der Waals surface area contributed by atoms with Crippen molar-refractivity contribution in [1.82, 2.24) is 15.5 Å². The number of benzene rings is 1. The maximum absolute atomic E-state index is 12.8. The fourth-order valence-electron chi connectivity index (χ4n) is 2.67. The number of nitrogens with zero attached hydrogens (tertiary/aromatic N) is 1. The van der Waals surface area contributed by atoms with Crippen molar-refractivity contribution < 1.29 is 14.0 Å². The molecular weight excluding hydrogens is 335 g/mol. The molecule has 0 radical (unpaired) electrons. The Labute approximate surface area is 147 Å². The van der Waals surface area contributed by atoms with Gasteiger partial charge in [-0.1, -0.05) is 6.92 Å². The number of carbonyl (C=O) groups is 2. The zero-order valence-corrected chi connectivity index (χ0v) is 14.7. The normalized spacial score (nSPS) is 17.8. The highest BCUT2D eigenvalue weighted by Gasteiger charge is 2.29. The van der Waals surface area contributed by atoms with E-state index < -0.39 is 0 Å². The average Bonchev–Trinajstić information content (AvgIpc) is 2.97. The van der Waals surface area contributed by atoms with Crippen LogP contribution >= 0.6 is 12.4 Å². The highest BCUT2D eigenvalue weighted by atomic mass is 35.5. The number of carbonyl (C=O) groups excluding carboxylic acids is 2. The first-order valence-electron chi connectivity index (χ1n) is 7.76. The molecule has 2 rings (SSSR count). The molecule has 1 aromatic carbocycles. The zero-order chi connectivity index (χ0) is 16.8. The van der Waals surface area contributed by atoms with E-state index >= 15 is 0 Å². The Balaban J connectivity index is 0.00000288. The third-order valence-electron chi connectivity index (χ3n) is 3.87. The fraction of sp³-hybridized carbons (Fsp3) is 0.500. The molecule has 8 heteroatoms. The van der Waals surface area contributed by atoms with Crippen molar-refractivity contribution in [3.8, 4) is 0 Å². The molecule has 0 aromatic heterocycles. The van der Waals surface area contributed by atoms with Crippen molar-refractivity contribution in [2.24, 2.45) is 5.92 Å². The van der Waals surface area contributed by atoms with E-state index in [0.717, 1.165) is 6.42 Å². The van der Waals surface area contributed by atoms with Gasteiger partial charge in [0, 0.05) is 37.3 Å².